The highest BCUT2D eigenvalue weighted by molar-refractivity contribution is 8.18. The Bertz CT molecular complexity index is 1450. The van der Waals surface area contributed by atoms with Gasteiger partial charge in [0.1, 0.15) is 24.2 Å². The summed E-state index contributed by atoms with van der Waals surface area (Å²) in [5.41, 5.74) is 0.437. The highest BCUT2D eigenvalue weighted by atomic mass is 32.2. The number of ether oxygens (including phenoxy) is 1. The SMILES string of the molecule is O=C1S/C(=C\c2coc3ccccc3c2=O)C(=O)N1CCOc1cccc2ccccc12. The van der Waals surface area contributed by atoms with E-state index in [1.165, 1.54) is 12.3 Å². The molecule has 1 aliphatic rings. The van der Waals surface area contributed by atoms with Crippen molar-refractivity contribution in [3.05, 3.63) is 93.7 Å². The van der Waals surface area contributed by atoms with Crippen molar-refractivity contribution in [1.82, 2.24) is 4.90 Å². The molecule has 7 heteroatoms. The van der Waals surface area contributed by atoms with Gasteiger partial charge >= 0.3 is 0 Å². The summed E-state index contributed by atoms with van der Waals surface area (Å²) in [6.45, 7) is 0.273. The van der Waals surface area contributed by atoms with Crippen molar-refractivity contribution < 1.29 is 18.7 Å². The lowest BCUT2D eigenvalue weighted by Crippen LogP contribution is -2.32. The maximum atomic E-state index is 12.8. The molecule has 0 radical (unpaired) electrons. The van der Waals surface area contributed by atoms with E-state index in [-0.39, 0.29) is 29.0 Å². The maximum Gasteiger partial charge on any atom is 0.293 e. The Morgan fingerprint density at radius 2 is 1.66 bits per heavy atom. The summed E-state index contributed by atoms with van der Waals surface area (Å²) in [5.74, 6) is 0.244. The molecule has 0 spiro atoms. The van der Waals surface area contributed by atoms with E-state index in [1.54, 1.807) is 24.3 Å². The minimum absolute atomic E-state index is 0.109. The second-order valence-corrected chi connectivity index (χ2v) is 8.17. The van der Waals surface area contributed by atoms with E-state index in [9.17, 15) is 14.4 Å². The van der Waals surface area contributed by atoms with E-state index < -0.39 is 11.1 Å². The van der Waals surface area contributed by atoms with Crippen LogP contribution in [0.3, 0.4) is 0 Å². The molecule has 3 aromatic carbocycles. The van der Waals surface area contributed by atoms with Crippen LogP contribution in [0.25, 0.3) is 27.8 Å². The fraction of sp³-hybridized carbons (Fsp3) is 0.0800. The fourth-order valence-corrected chi connectivity index (χ4v) is 4.45. The first-order valence-electron chi connectivity index (χ1n) is 9.98. The first-order valence-corrected chi connectivity index (χ1v) is 10.8. The first-order chi connectivity index (χ1) is 15.6. The predicted molar refractivity (Wildman–Crippen MR) is 125 cm³/mol. The van der Waals surface area contributed by atoms with Crippen LogP contribution in [0.15, 0.2) is 87.1 Å². The van der Waals surface area contributed by atoms with Gasteiger partial charge in [-0.3, -0.25) is 19.3 Å². The molecule has 0 aliphatic carbocycles. The highest BCUT2D eigenvalue weighted by Gasteiger charge is 2.35. The van der Waals surface area contributed by atoms with E-state index >= 15 is 0 Å². The Balaban J connectivity index is 1.32. The van der Waals surface area contributed by atoms with Crippen molar-refractivity contribution in [3.8, 4) is 5.75 Å². The number of thioether (sulfide) groups is 1. The molecule has 2 heterocycles. The molecule has 0 unspecified atom stereocenters. The molecule has 1 aliphatic heterocycles. The molecular formula is C25H17NO5S. The summed E-state index contributed by atoms with van der Waals surface area (Å²) in [6, 6.07) is 20.5. The molecule has 1 aromatic heterocycles. The molecule has 2 amide bonds. The number of carbonyl (C=O) groups excluding carboxylic acids is 2. The molecule has 0 bridgehead atoms. The fourth-order valence-electron chi connectivity index (χ4n) is 3.60. The maximum absolute atomic E-state index is 12.8. The molecule has 0 N–H and O–H groups in total. The van der Waals surface area contributed by atoms with Crippen molar-refractivity contribution in [3.63, 3.8) is 0 Å². The Hall–Kier alpha value is -3.84. The number of rotatable bonds is 5. The van der Waals surface area contributed by atoms with Gasteiger partial charge in [0, 0.05) is 5.39 Å². The van der Waals surface area contributed by atoms with E-state index in [1.807, 2.05) is 42.5 Å². The van der Waals surface area contributed by atoms with Crippen molar-refractivity contribution in [2.75, 3.05) is 13.2 Å². The third kappa shape index (κ3) is 3.67. The number of carbonyl (C=O) groups is 2. The molecular weight excluding hydrogens is 426 g/mol. The van der Waals surface area contributed by atoms with Gasteiger partial charge in [-0.2, -0.15) is 0 Å². The van der Waals surface area contributed by atoms with Crippen LogP contribution in [-0.2, 0) is 4.79 Å². The van der Waals surface area contributed by atoms with Gasteiger partial charge in [-0.25, -0.2) is 0 Å². The normalized spacial score (nSPS) is 15.2. The van der Waals surface area contributed by atoms with Crippen LogP contribution in [0, 0.1) is 0 Å². The number of nitrogens with zero attached hydrogens (tertiary/aromatic N) is 1. The van der Waals surface area contributed by atoms with Crippen LogP contribution >= 0.6 is 11.8 Å². The Kier molecular flexibility index (Phi) is 5.25. The summed E-state index contributed by atoms with van der Waals surface area (Å²) in [4.78, 5) is 39.2. The van der Waals surface area contributed by atoms with Gasteiger partial charge in [-0.1, -0.05) is 48.5 Å². The van der Waals surface area contributed by atoms with Gasteiger partial charge in [-0.05, 0) is 41.4 Å². The summed E-state index contributed by atoms with van der Waals surface area (Å²) < 4.78 is 11.3. The zero-order valence-electron chi connectivity index (χ0n) is 16.8. The number of amides is 2. The zero-order chi connectivity index (χ0) is 22.1. The first kappa shape index (κ1) is 20.1. The number of hydrogen-bond acceptors (Lipinski definition) is 6. The molecule has 6 nitrogen and oxygen atoms in total. The van der Waals surface area contributed by atoms with Gasteiger partial charge in [0.25, 0.3) is 11.1 Å². The number of fused-ring (bicyclic) bond motifs is 2. The molecule has 5 rings (SSSR count). The summed E-state index contributed by atoms with van der Waals surface area (Å²) in [5, 5.41) is 2.04. The van der Waals surface area contributed by atoms with Crippen LogP contribution in [0.1, 0.15) is 5.56 Å². The van der Waals surface area contributed by atoms with Crippen LogP contribution in [0.5, 0.6) is 5.75 Å². The topological polar surface area (TPSA) is 76.8 Å². The average molecular weight is 443 g/mol. The smallest absolute Gasteiger partial charge is 0.293 e. The molecule has 1 saturated heterocycles. The third-order valence-corrected chi connectivity index (χ3v) is 6.10. The van der Waals surface area contributed by atoms with Crippen molar-refractivity contribution in [2.24, 2.45) is 0 Å². The van der Waals surface area contributed by atoms with Crippen LogP contribution < -0.4 is 10.2 Å². The zero-order valence-corrected chi connectivity index (χ0v) is 17.6. The minimum Gasteiger partial charge on any atom is -0.491 e. The largest absolute Gasteiger partial charge is 0.491 e. The standard InChI is InChI=1S/C25H17NO5S/c27-23-17(15-31-21-10-4-3-9-19(21)23)14-22-24(28)26(25(29)32-22)12-13-30-20-11-5-7-16-6-1-2-8-18(16)20/h1-11,14-15H,12-13H2/b22-14-. The molecule has 0 saturated carbocycles. The lowest BCUT2D eigenvalue weighted by molar-refractivity contribution is -0.123. The third-order valence-electron chi connectivity index (χ3n) is 5.19. The number of para-hydroxylation sites is 1. The van der Waals surface area contributed by atoms with Gasteiger partial charge in [0.2, 0.25) is 0 Å². The van der Waals surface area contributed by atoms with Gasteiger partial charge in [-0.15, -0.1) is 0 Å². The summed E-state index contributed by atoms with van der Waals surface area (Å²) >= 11 is 0.802. The number of benzene rings is 3. The van der Waals surface area contributed by atoms with Crippen LogP contribution in [0.2, 0.25) is 0 Å². The average Bonchev–Trinajstić information content (AvgIpc) is 3.08. The second-order valence-electron chi connectivity index (χ2n) is 7.18. The predicted octanol–water partition coefficient (Wildman–Crippen LogP) is 5.06. The quantitative estimate of drug-likeness (QED) is 0.401. The van der Waals surface area contributed by atoms with Gasteiger partial charge in [0.15, 0.2) is 5.43 Å². The molecule has 4 aromatic rings. The molecule has 158 valence electrons. The van der Waals surface area contributed by atoms with Gasteiger partial charge in [0.05, 0.1) is 22.4 Å². The molecule has 32 heavy (non-hydrogen) atoms. The van der Waals surface area contributed by atoms with E-state index in [0.29, 0.717) is 16.7 Å². The Morgan fingerprint density at radius 1 is 0.906 bits per heavy atom. The number of imide groups is 1. The van der Waals surface area contributed by atoms with E-state index in [0.717, 1.165) is 27.4 Å². The van der Waals surface area contributed by atoms with Crippen molar-refractivity contribution >= 4 is 50.7 Å². The lowest BCUT2D eigenvalue weighted by Gasteiger charge is -2.14. The van der Waals surface area contributed by atoms with Crippen LogP contribution in [0.4, 0.5) is 4.79 Å². The van der Waals surface area contributed by atoms with Crippen molar-refractivity contribution in [2.45, 2.75) is 0 Å². The number of hydrogen-bond donors (Lipinski definition) is 0. The highest BCUT2D eigenvalue weighted by Crippen LogP contribution is 2.32. The van der Waals surface area contributed by atoms with Gasteiger partial charge < -0.3 is 9.15 Å². The lowest BCUT2D eigenvalue weighted by atomic mass is 10.1. The summed E-state index contributed by atoms with van der Waals surface area (Å²) in [6.07, 6.45) is 2.72. The van der Waals surface area contributed by atoms with Crippen LogP contribution in [-0.4, -0.2) is 29.2 Å². The van der Waals surface area contributed by atoms with E-state index in [2.05, 4.69) is 0 Å². The molecule has 0 atom stereocenters. The monoisotopic (exact) mass is 443 g/mol. The summed E-state index contributed by atoms with van der Waals surface area (Å²) in [7, 11) is 0. The Labute approximate surface area is 187 Å². The Morgan fingerprint density at radius 3 is 2.53 bits per heavy atom. The van der Waals surface area contributed by atoms with E-state index in [4.69, 9.17) is 9.15 Å². The minimum atomic E-state index is -0.450. The molecule has 1 fully saturated rings. The second kappa shape index (κ2) is 8.36. The van der Waals surface area contributed by atoms with Crippen molar-refractivity contribution in [1.29, 1.82) is 0 Å².